The van der Waals surface area contributed by atoms with E-state index in [0.717, 1.165) is 11.8 Å². The summed E-state index contributed by atoms with van der Waals surface area (Å²) in [5.74, 6) is -3.31. The summed E-state index contributed by atoms with van der Waals surface area (Å²) in [5.41, 5.74) is -0.943. The van der Waals surface area contributed by atoms with Crippen LogP contribution in [0.3, 0.4) is 0 Å². The fourth-order valence-corrected chi connectivity index (χ4v) is 5.34. The Morgan fingerprint density at radius 3 is 2.18 bits per heavy atom. The molecule has 34 heavy (non-hydrogen) atoms. The number of carbonyl (C=O) groups excluding carboxylic acids is 4. The fraction of sp³-hybridized carbons (Fsp3) is 0.565. The van der Waals surface area contributed by atoms with Gasteiger partial charge in [-0.1, -0.05) is 55.9 Å². The molecule has 0 spiro atoms. The molecule has 2 atom stereocenters. The highest BCUT2D eigenvalue weighted by atomic mass is 32.2. The van der Waals surface area contributed by atoms with E-state index in [9.17, 15) is 27.6 Å². The lowest BCUT2D eigenvalue weighted by Gasteiger charge is -2.30. The van der Waals surface area contributed by atoms with Gasteiger partial charge in [-0.3, -0.25) is 14.4 Å². The zero-order chi connectivity index (χ0) is 26.1. The third kappa shape index (κ3) is 9.84. The number of amides is 2. The van der Waals surface area contributed by atoms with Crippen molar-refractivity contribution in [2.75, 3.05) is 12.4 Å². The number of thioether (sulfide) groups is 1. The highest BCUT2D eigenvalue weighted by molar-refractivity contribution is 8.14. The van der Waals surface area contributed by atoms with Crippen LogP contribution in [0.2, 0.25) is 0 Å². The van der Waals surface area contributed by atoms with Gasteiger partial charge < -0.3 is 15.4 Å². The zero-order valence-electron chi connectivity index (χ0n) is 20.4. The van der Waals surface area contributed by atoms with E-state index >= 15 is 0 Å². The minimum absolute atomic E-state index is 0.00238. The van der Waals surface area contributed by atoms with Gasteiger partial charge in [0.25, 0.3) is 0 Å². The van der Waals surface area contributed by atoms with E-state index < -0.39 is 50.2 Å². The number of sulfone groups is 1. The molecule has 2 N–H and O–H groups in total. The first kappa shape index (κ1) is 29.6. The van der Waals surface area contributed by atoms with Gasteiger partial charge in [-0.25, -0.2) is 13.2 Å². The van der Waals surface area contributed by atoms with Gasteiger partial charge in [-0.15, -0.1) is 0 Å². The Morgan fingerprint density at radius 2 is 1.68 bits per heavy atom. The highest BCUT2D eigenvalue weighted by Crippen LogP contribution is 2.21. The molecule has 2 amide bonds. The topological polar surface area (TPSA) is 136 Å². The second kappa shape index (κ2) is 12.9. The zero-order valence-corrected chi connectivity index (χ0v) is 22.0. The molecular formula is C23H34N2O7S2. The van der Waals surface area contributed by atoms with Crippen molar-refractivity contribution in [2.45, 2.75) is 64.1 Å². The van der Waals surface area contributed by atoms with Crippen molar-refractivity contribution >= 4 is 44.5 Å². The molecule has 0 aliphatic heterocycles. The highest BCUT2D eigenvalue weighted by Gasteiger charge is 2.37. The van der Waals surface area contributed by atoms with E-state index in [1.165, 1.54) is 20.8 Å². The summed E-state index contributed by atoms with van der Waals surface area (Å²) in [6.45, 7) is 9.34. The predicted molar refractivity (Wildman–Crippen MR) is 132 cm³/mol. The SMILES string of the molecule is CCOC(=O)C(CS(=O)(=O)Cc1ccccc1)NC(=O)C(C)(C)NC(=O)C(SC(C)=O)C(C)C. The minimum Gasteiger partial charge on any atom is -0.464 e. The second-order valence-electron chi connectivity index (χ2n) is 8.71. The second-order valence-corrected chi connectivity index (χ2v) is 12.1. The standard InChI is InChI=1S/C23H34N2O7S2/c1-7-32-21(28)18(14-34(30,31)13-17-11-9-8-10-12-17)24-22(29)23(5,6)25-20(27)19(15(2)3)33-16(4)26/h8-12,15,18-19H,7,13-14H2,1-6H3,(H,24,29)(H,25,27). The van der Waals surface area contributed by atoms with Crippen LogP contribution in [-0.4, -0.2) is 60.5 Å². The van der Waals surface area contributed by atoms with Crippen LogP contribution in [0.15, 0.2) is 30.3 Å². The van der Waals surface area contributed by atoms with E-state index in [-0.39, 0.29) is 23.4 Å². The van der Waals surface area contributed by atoms with Crippen molar-refractivity contribution in [2.24, 2.45) is 5.92 Å². The first-order valence-corrected chi connectivity index (χ1v) is 13.6. The lowest BCUT2D eigenvalue weighted by molar-refractivity contribution is -0.147. The summed E-state index contributed by atoms with van der Waals surface area (Å²) in [5, 5.41) is 4.07. The van der Waals surface area contributed by atoms with Crippen LogP contribution in [0, 0.1) is 5.92 Å². The van der Waals surface area contributed by atoms with Gasteiger partial charge in [-0.2, -0.15) is 0 Å². The molecule has 0 aliphatic carbocycles. The molecule has 2 unspecified atom stereocenters. The lowest BCUT2D eigenvalue weighted by Crippen LogP contribution is -2.60. The molecule has 0 saturated carbocycles. The van der Waals surface area contributed by atoms with Crippen LogP contribution in [0.1, 0.15) is 47.1 Å². The number of esters is 1. The number of rotatable bonds is 12. The summed E-state index contributed by atoms with van der Waals surface area (Å²) >= 11 is 0.866. The maximum Gasteiger partial charge on any atom is 0.329 e. The smallest absolute Gasteiger partial charge is 0.329 e. The fourth-order valence-electron chi connectivity index (χ4n) is 3.00. The van der Waals surface area contributed by atoms with Crippen molar-refractivity contribution < 1.29 is 32.3 Å². The molecule has 0 aliphatic rings. The quantitative estimate of drug-likeness (QED) is 0.404. The molecule has 1 aromatic carbocycles. The lowest BCUT2D eigenvalue weighted by atomic mass is 10.0. The molecule has 9 nitrogen and oxygen atoms in total. The maximum atomic E-state index is 13.0. The molecule has 11 heteroatoms. The molecule has 0 fully saturated rings. The Labute approximate surface area is 205 Å². The van der Waals surface area contributed by atoms with E-state index in [1.807, 2.05) is 0 Å². The maximum absolute atomic E-state index is 13.0. The monoisotopic (exact) mass is 514 g/mol. The molecule has 190 valence electrons. The molecule has 0 bridgehead atoms. The van der Waals surface area contributed by atoms with Crippen LogP contribution in [0.5, 0.6) is 0 Å². The number of carbonyl (C=O) groups is 4. The Morgan fingerprint density at radius 1 is 1.09 bits per heavy atom. The van der Waals surface area contributed by atoms with Crippen molar-refractivity contribution in [3.8, 4) is 0 Å². The van der Waals surface area contributed by atoms with E-state index in [0.29, 0.717) is 5.56 Å². The molecule has 1 rings (SSSR count). The summed E-state index contributed by atoms with van der Waals surface area (Å²) in [6.07, 6.45) is 0. The van der Waals surface area contributed by atoms with Crippen LogP contribution < -0.4 is 10.6 Å². The number of ether oxygens (including phenoxy) is 1. The number of nitrogens with one attached hydrogen (secondary N) is 2. The average molecular weight is 515 g/mol. The Bertz CT molecular complexity index is 976. The molecule has 0 aromatic heterocycles. The first-order chi connectivity index (χ1) is 15.7. The van der Waals surface area contributed by atoms with Gasteiger partial charge in [0.2, 0.25) is 11.8 Å². The molecule has 0 heterocycles. The third-order valence-corrected chi connectivity index (χ3v) is 7.65. The van der Waals surface area contributed by atoms with E-state index in [2.05, 4.69) is 10.6 Å². The summed E-state index contributed by atoms with van der Waals surface area (Å²) in [7, 11) is -3.79. The van der Waals surface area contributed by atoms with Crippen molar-refractivity contribution in [3.63, 3.8) is 0 Å². The van der Waals surface area contributed by atoms with E-state index in [1.54, 1.807) is 51.1 Å². The molecule has 0 radical (unpaired) electrons. The molecule has 1 aromatic rings. The van der Waals surface area contributed by atoms with Gasteiger partial charge in [0.05, 0.1) is 23.4 Å². The summed E-state index contributed by atoms with van der Waals surface area (Å²) < 4.78 is 30.4. The van der Waals surface area contributed by atoms with Crippen LogP contribution >= 0.6 is 11.8 Å². The Balaban J connectivity index is 3.01. The summed E-state index contributed by atoms with van der Waals surface area (Å²) in [4.78, 5) is 49.7. The van der Waals surface area contributed by atoms with E-state index in [4.69, 9.17) is 4.74 Å². The number of benzene rings is 1. The molecule has 0 saturated heterocycles. The van der Waals surface area contributed by atoms with Gasteiger partial charge in [0.1, 0.15) is 11.6 Å². The summed E-state index contributed by atoms with van der Waals surface area (Å²) in [6, 6.07) is 7.01. The number of hydrogen-bond donors (Lipinski definition) is 2. The van der Waals surface area contributed by atoms with Crippen molar-refractivity contribution in [3.05, 3.63) is 35.9 Å². The van der Waals surface area contributed by atoms with Crippen LogP contribution in [0.4, 0.5) is 0 Å². The van der Waals surface area contributed by atoms with Gasteiger partial charge in [0, 0.05) is 6.92 Å². The largest absolute Gasteiger partial charge is 0.464 e. The van der Waals surface area contributed by atoms with Crippen LogP contribution in [0.25, 0.3) is 0 Å². The van der Waals surface area contributed by atoms with Crippen molar-refractivity contribution in [1.29, 1.82) is 0 Å². The predicted octanol–water partition coefficient (Wildman–Crippen LogP) is 1.85. The average Bonchev–Trinajstić information content (AvgIpc) is 2.71. The molecular weight excluding hydrogens is 480 g/mol. The van der Waals surface area contributed by atoms with Gasteiger partial charge >= 0.3 is 5.97 Å². The third-order valence-electron chi connectivity index (χ3n) is 4.69. The Kier molecular flexibility index (Phi) is 11.2. The normalized spacial score (nSPS) is 13.6. The van der Waals surface area contributed by atoms with Gasteiger partial charge in [-0.05, 0) is 32.3 Å². The minimum atomic E-state index is -3.79. The Hall–Kier alpha value is -2.40. The number of hydrogen-bond acceptors (Lipinski definition) is 8. The van der Waals surface area contributed by atoms with Crippen LogP contribution in [-0.2, 0) is 39.5 Å². The van der Waals surface area contributed by atoms with Crippen molar-refractivity contribution in [1.82, 2.24) is 10.6 Å². The van der Waals surface area contributed by atoms with Gasteiger partial charge in [0.15, 0.2) is 15.0 Å². The first-order valence-electron chi connectivity index (χ1n) is 10.9.